The third kappa shape index (κ3) is 5.60. The van der Waals surface area contributed by atoms with Gasteiger partial charge in [-0.3, -0.25) is 4.79 Å². The summed E-state index contributed by atoms with van der Waals surface area (Å²) in [5, 5.41) is 17.7. The number of thiophene rings is 4. The largest absolute Gasteiger partial charge is 0.451 e. The van der Waals surface area contributed by atoms with Gasteiger partial charge in [0.15, 0.2) is 6.10 Å². The first-order chi connectivity index (χ1) is 13.1. The Bertz CT molecular complexity index is 826. The van der Waals surface area contributed by atoms with Crippen molar-refractivity contribution in [1.82, 2.24) is 0 Å². The zero-order valence-electron chi connectivity index (χ0n) is 14.5. The number of hydrogen-bond donors (Lipinski definition) is 1. The van der Waals surface area contributed by atoms with E-state index in [0.29, 0.717) is 0 Å². The number of rotatable bonds is 5. The molecule has 0 aliphatic heterocycles. The summed E-state index contributed by atoms with van der Waals surface area (Å²) in [6.45, 7) is 1.44. The van der Waals surface area contributed by atoms with Gasteiger partial charge in [0.1, 0.15) is 6.10 Å². The van der Waals surface area contributed by atoms with Crippen molar-refractivity contribution in [3.05, 3.63) is 89.6 Å². The fourth-order valence-electron chi connectivity index (χ4n) is 2.34. The number of ether oxygens (including phenoxy) is 1. The molecule has 0 spiro atoms. The average Bonchev–Trinajstić information content (AvgIpc) is 3.47. The molecule has 27 heavy (non-hydrogen) atoms. The first kappa shape index (κ1) is 20.0. The molecule has 4 heterocycles. The van der Waals surface area contributed by atoms with Gasteiger partial charge in [-0.2, -0.15) is 0 Å². The second-order valence-electron chi connectivity index (χ2n) is 5.45. The second-order valence-corrected chi connectivity index (χ2v) is 9.37. The minimum absolute atomic E-state index is 0.234. The molecule has 0 fully saturated rings. The van der Waals surface area contributed by atoms with E-state index < -0.39 is 6.10 Å². The smallest absolute Gasteiger partial charge is 0.303 e. The highest BCUT2D eigenvalue weighted by atomic mass is 32.1. The van der Waals surface area contributed by atoms with E-state index in [4.69, 9.17) is 4.74 Å². The predicted octanol–water partition coefficient (Wildman–Crippen LogP) is 6.35. The molecule has 0 amide bonds. The fourth-order valence-corrected chi connectivity index (χ4v) is 5.48. The number of aliphatic hydroxyl groups is 1. The molecule has 4 rings (SSSR count). The van der Waals surface area contributed by atoms with Gasteiger partial charge in [-0.05, 0) is 45.8 Å². The minimum atomic E-state index is -0.426. The Morgan fingerprint density at radius 2 is 1.15 bits per heavy atom. The highest BCUT2D eigenvalue weighted by Gasteiger charge is 2.19. The molecule has 140 valence electrons. The number of hydrogen-bond acceptors (Lipinski definition) is 7. The van der Waals surface area contributed by atoms with Gasteiger partial charge >= 0.3 is 5.97 Å². The molecule has 0 aliphatic carbocycles. The summed E-state index contributed by atoms with van der Waals surface area (Å²) in [6, 6.07) is 15.7. The van der Waals surface area contributed by atoms with Crippen LogP contribution in [0.5, 0.6) is 0 Å². The summed E-state index contributed by atoms with van der Waals surface area (Å²) in [6.07, 6.45) is -0.660. The SMILES string of the molecule is CC(=O)OC(c1cccs1)c1cccs1.OC(c1cccs1)c1cccs1. The van der Waals surface area contributed by atoms with Crippen LogP contribution in [0.1, 0.15) is 38.6 Å². The van der Waals surface area contributed by atoms with E-state index in [1.807, 2.05) is 70.1 Å². The maximum absolute atomic E-state index is 11.0. The van der Waals surface area contributed by atoms with Crippen molar-refractivity contribution >= 4 is 51.3 Å². The lowest BCUT2D eigenvalue weighted by atomic mass is 10.2. The molecule has 3 nitrogen and oxygen atoms in total. The molecule has 1 N–H and O–H groups in total. The summed E-state index contributed by atoms with van der Waals surface area (Å²) in [5.74, 6) is -0.248. The van der Waals surface area contributed by atoms with Gasteiger partial charge in [-0.15, -0.1) is 45.3 Å². The normalized spacial score (nSPS) is 10.7. The molecule has 0 bridgehead atoms. The topological polar surface area (TPSA) is 46.5 Å². The molecular formula is C20H18O3S4. The molecule has 0 aliphatic rings. The Kier molecular flexibility index (Phi) is 7.37. The quantitative estimate of drug-likeness (QED) is 0.372. The first-order valence-electron chi connectivity index (χ1n) is 8.14. The van der Waals surface area contributed by atoms with Gasteiger partial charge in [0.25, 0.3) is 0 Å². The van der Waals surface area contributed by atoms with E-state index in [-0.39, 0.29) is 12.1 Å². The monoisotopic (exact) mass is 434 g/mol. The number of aliphatic hydroxyl groups excluding tert-OH is 1. The van der Waals surface area contributed by atoms with Crippen LogP contribution >= 0.6 is 45.3 Å². The van der Waals surface area contributed by atoms with Gasteiger partial charge in [-0.1, -0.05) is 24.3 Å². The maximum Gasteiger partial charge on any atom is 0.303 e. The lowest BCUT2D eigenvalue weighted by Gasteiger charge is -2.13. The lowest BCUT2D eigenvalue weighted by Crippen LogP contribution is -2.07. The van der Waals surface area contributed by atoms with Crippen LogP contribution in [0.4, 0.5) is 0 Å². The van der Waals surface area contributed by atoms with Crippen molar-refractivity contribution in [3.63, 3.8) is 0 Å². The van der Waals surface area contributed by atoms with Gasteiger partial charge < -0.3 is 9.84 Å². The number of esters is 1. The van der Waals surface area contributed by atoms with Crippen LogP contribution in [0.3, 0.4) is 0 Å². The van der Waals surface area contributed by atoms with Crippen LogP contribution < -0.4 is 0 Å². The van der Waals surface area contributed by atoms with Gasteiger partial charge in [-0.25, -0.2) is 0 Å². The maximum atomic E-state index is 11.0. The van der Waals surface area contributed by atoms with Crippen LogP contribution in [0.2, 0.25) is 0 Å². The highest BCUT2D eigenvalue weighted by molar-refractivity contribution is 7.12. The van der Waals surface area contributed by atoms with Crippen molar-refractivity contribution in [2.75, 3.05) is 0 Å². The minimum Gasteiger partial charge on any atom is -0.451 e. The summed E-state index contributed by atoms with van der Waals surface area (Å²) >= 11 is 6.37. The van der Waals surface area contributed by atoms with Crippen molar-refractivity contribution < 1.29 is 14.6 Å². The van der Waals surface area contributed by atoms with Crippen LogP contribution in [0.25, 0.3) is 0 Å². The van der Waals surface area contributed by atoms with Crippen molar-refractivity contribution in [1.29, 1.82) is 0 Å². The van der Waals surface area contributed by atoms with Gasteiger partial charge in [0.2, 0.25) is 0 Å². The van der Waals surface area contributed by atoms with E-state index in [0.717, 1.165) is 19.5 Å². The average molecular weight is 435 g/mol. The van der Waals surface area contributed by atoms with Gasteiger partial charge in [0, 0.05) is 16.7 Å². The van der Waals surface area contributed by atoms with E-state index in [2.05, 4.69) is 0 Å². The Balaban J connectivity index is 0.000000159. The molecular weight excluding hydrogens is 416 g/mol. The number of carbonyl (C=O) groups is 1. The molecule has 0 atom stereocenters. The van der Waals surface area contributed by atoms with Crippen LogP contribution in [-0.2, 0) is 9.53 Å². The summed E-state index contributed by atoms with van der Waals surface area (Å²) in [4.78, 5) is 15.2. The summed E-state index contributed by atoms with van der Waals surface area (Å²) < 4.78 is 5.32. The van der Waals surface area contributed by atoms with E-state index in [1.165, 1.54) is 6.92 Å². The number of carbonyl (C=O) groups excluding carboxylic acids is 1. The standard InChI is InChI=1S/C11H10O2S2.C9H8OS2/c1-8(12)13-11(9-4-2-6-14-9)10-5-3-7-15-10;10-9(7-3-1-5-11-7)8-4-2-6-12-8/h2-7,11H,1H3;1-6,9-10H. The van der Waals surface area contributed by atoms with Crippen LogP contribution in [-0.4, -0.2) is 11.1 Å². The molecule has 0 unspecified atom stereocenters. The zero-order chi connectivity index (χ0) is 19.1. The first-order valence-corrected chi connectivity index (χ1v) is 11.7. The molecule has 7 heteroatoms. The molecule has 0 saturated heterocycles. The Morgan fingerprint density at radius 1 is 0.778 bits per heavy atom. The predicted molar refractivity (Wildman–Crippen MR) is 115 cm³/mol. The lowest BCUT2D eigenvalue weighted by molar-refractivity contribution is -0.144. The molecule has 0 saturated carbocycles. The molecule has 0 aromatic carbocycles. The van der Waals surface area contributed by atoms with Gasteiger partial charge in [0.05, 0.1) is 9.75 Å². The third-order valence-corrected chi connectivity index (χ3v) is 7.19. The van der Waals surface area contributed by atoms with E-state index in [1.54, 1.807) is 45.3 Å². The van der Waals surface area contributed by atoms with Crippen molar-refractivity contribution in [3.8, 4) is 0 Å². The third-order valence-electron chi connectivity index (χ3n) is 3.51. The summed E-state index contributed by atoms with van der Waals surface area (Å²) in [5.41, 5.74) is 0. The van der Waals surface area contributed by atoms with Crippen LogP contribution in [0.15, 0.2) is 70.1 Å². The highest BCUT2D eigenvalue weighted by Crippen LogP contribution is 2.32. The molecule has 4 aromatic rings. The Hall–Kier alpha value is -1.77. The second kappa shape index (κ2) is 9.96. The van der Waals surface area contributed by atoms with Crippen molar-refractivity contribution in [2.45, 2.75) is 19.1 Å². The van der Waals surface area contributed by atoms with Crippen molar-refractivity contribution in [2.24, 2.45) is 0 Å². The molecule has 0 radical (unpaired) electrons. The van der Waals surface area contributed by atoms with Crippen LogP contribution in [0, 0.1) is 0 Å². The van der Waals surface area contributed by atoms with E-state index in [9.17, 15) is 9.90 Å². The fraction of sp³-hybridized carbons (Fsp3) is 0.150. The zero-order valence-corrected chi connectivity index (χ0v) is 17.7. The summed E-state index contributed by atoms with van der Waals surface area (Å²) in [7, 11) is 0. The van der Waals surface area contributed by atoms with E-state index >= 15 is 0 Å². The Labute approximate surface area is 174 Å². The molecule has 4 aromatic heterocycles. The Morgan fingerprint density at radius 3 is 1.44 bits per heavy atom.